The monoisotopic (exact) mass is 350 g/mol. The van der Waals surface area contributed by atoms with Crippen molar-refractivity contribution in [2.24, 2.45) is 0 Å². The Bertz CT molecular complexity index is 558. The van der Waals surface area contributed by atoms with Crippen molar-refractivity contribution >= 4 is 0 Å². The van der Waals surface area contributed by atoms with Gasteiger partial charge in [-0.25, -0.2) is 0 Å². The maximum Gasteiger partial charge on any atom is 0.190 e. The zero-order valence-corrected chi connectivity index (χ0v) is 14.3. The molecule has 3 aliphatic rings. The first-order chi connectivity index (χ1) is 12.2. The van der Waals surface area contributed by atoms with Gasteiger partial charge in [-0.15, -0.1) is 0 Å². The van der Waals surface area contributed by atoms with Crippen molar-refractivity contribution < 1.29 is 29.2 Å². The molecule has 3 fully saturated rings. The fourth-order valence-corrected chi connectivity index (χ4v) is 4.05. The molecule has 0 bridgehead atoms. The summed E-state index contributed by atoms with van der Waals surface area (Å²) in [5, 5.41) is 19.5. The molecule has 1 spiro atoms. The highest BCUT2D eigenvalue weighted by molar-refractivity contribution is 5.13. The molecule has 1 aromatic carbocycles. The second-order valence-corrected chi connectivity index (χ2v) is 7.15. The van der Waals surface area contributed by atoms with E-state index in [2.05, 4.69) is 0 Å². The van der Waals surface area contributed by atoms with Gasteiger partial charge in [0.25, 0.3) is 0 Å². The van der Waals surface area contributed by atoms with Crippen molar-refractivity contribution in [1.82, 2.24) is 0 Å². The molecule has 0 radical (unpaired) electrons. The summed E-state index contributed by atoms with van der Waals surface area (Å²) in [5.41, 5.74) is 1.04. The summed E-state index contributed by atoms with van der Waals surface area (Å²) < 4.78 is 24.3. The van der Waals surface area contributed by atoms with Gasteiger partial charge >= 0.3 is 0 Å². The van der Waals surface area contributed by atoms with Gasteiger partial charge in [0.2, 0.25) is 0 Å². The Labute approximate surface area is 147 Å². The van der Waals surface area contributed by atoms with Crippen molar-refractivity contribution in [1.29, 1.82) is 0 Å². The Balaban J connectivity index is 1.48. The summed E-state index contributed by atoms with van der Waals surface area (Å²) in [6, 6.07) is 9.84. The van der Waals surface area contributed by atoms with Crippen LogP contribution in [0, 0.1) is 0 Å². The minimum Gasteiger partial charge on any atom is -0.394 e. The van der Waals surface area contributed by atoms with Gasteiger partial charge in [0.05, 0.1) is 13.2 Å². The summed E-state index contributed by atoms with van der Waals surface area (Å²) in [6.45, 7) is 0.00351. The highest BCUT2D eigenvalue weighted by Crippen LogP contribution is 2.46. The van der Waals surface area contributed by atoms with E-state index in [1.54, 1.807) is 0 Å². The van der Waals surface area contributed by atoms with E-state index in [1.807, 2.05) is 30.3 Å². The molecule has 138 valence electrons. The van der Waals surface area contributed by atoms with Crippen LogP contribution in [0.4, 0.5) is 0 Å². The van der Waals surface area contributed by atoms with Crippen LogP contribution in [0.2, 0.25) is 0 Å². The summed E-state index contributed by atoms with van der Waals surface area (Å²) >= 11 is 0. The van der Waals surface area contributed by atoms with Crippen molar-refractivity contribution in [3.8, 4) is 0 Å². The SMILES string of the molecule is OCC(O)[C@H]1O[C@@H]2OC3(CCCCC3)O[C@@H]2[C@H]1OCc1ccccc1. The Morgan fingerprint density at radius 2 is 1.88 bits per heavy atom. The summed E-state index contributed by atoms with van der Waals surface area (Å²) in [7, 11) is 0. The molecule has 1 aliphatic carbocycles. The van der Waals surface area contributed by atoms with E-state index >= 15 is 0 Å². The van der Waals surface area contributed by atoms with E-state index in [-0.39, 0.29) is 12.7 Å². The molecule has 1 unspecified atom stereocenters. The van der Waals surface area contributed by atoms with Gasteiger partial charge in [-0.2, -0.15) is 0 Å². The van der Waals surface area contributed by atoms with Gasteiger partial charge in [0.1, 0.15) is 24.4 Å². The molecule has 25 heavy (non-hydrogen) atoms. The maximum absolute atomic E-state index is 10.1. The lowest BCUT2D eigenvalue weighted by Crippen LogP contribution is -2.45. The molecule has 4 rings (SSSR count). The van der Waals surface area contributed by atoms with Crippen LogP contribution in [-0.2, 0) is 25.6 Å². The fraction of sp³-hybridized carbons (Fsp3) is 0.684. The molecule has 0 aromatic heterocycles. The van der Waals surface area contributed by atoms with Gasteiger partial charge in [-0.05, 0) is 18.4 Å². The second kappa shape index (κ2) is 7.31. The van der Waals surface area contributed by atoms with E-state index in [4.69, 9.17) is 18.9 Å². The van der Waals surface area contributed by atoms with Gasteiger partial charge < -0.3 is 29.2 Å². The minimum atomic E-state index is -1.03. The van der Waals surface area contributed by atoms with Gasteiger partial charge in [0, 0.05) is 12.8 Å². The third-order valence-electron chi connectivity index (χ3n) is 5.36. The first-order valence-corrected chi connectivity index (χ1v) is 9.16. The molecular formula is C19H26O6. The van der Waals surface area contributed by atoms with Crippen LogP contribution in [0.25, 0.3) is 0 Å². The smallest absolute Gasteiger partial charge is 0.190 e. The van der Waals surface area contributed by atoms with Crippen LogP contribution in [0.5, 0.6) is 0 Å². The number of hydrogen-bond donors (Lipinski definition) is 2. The molecule has 1 saturated carbocycles. The van der Waals surface area contributed by atoms with Crippen LogP contribution in [0.1, 0.15) is 37.7 Å². The standard InChI is InChI=1S/C19H26O6/c20-11-14(21)15-16(22-12-13-7-3-1-4-8-13)17-18(23-15)25-19(24-17)9-5-2-6-10-19/h1,3-4,7-8,14-18,20-21H,2,5-6,9-12H2/t14?,15-,16+,17-,18-/m1/s1. The van der Waals surface area contributed by atoms with Crippen LogP contribution in [0.3, 0.4) is 0 Å². The average Bonchev–Trinajstić information content (AvgIpc) is 3.15. The van der Waals surface area contributed by atoms with E-state index in [0.29, 0.717) is 6.61 Å². The molecular weight excluding hydrogens is 324 g/mol. The summed E-state index contributed by atoms with van der Waals surface area (Å²) in [5.74, 6) is -0.572. The highest BCUT2D eigenvalue weighted by atomic mass is 16.8. The minimum absolute atomic E-state index is 0.381. The Morgan fingerprint density at radius 1 is 1.12 bits per heavy atom. The van der Waals surface area contributed by atoms with Gasteiger partial charge in [-0.1, -0.05) is 36.8 Å². The second-order valence-electron chi connectivity index (χ2n) is 7.15. The third-order valence-corrected chi connectivity index (χ3v) is 5.36. The van der Waals surface area contributed by atoms with Gasteiger partial charge in [-0.3, -0.25) is 0 Å². The predicted octanol–water partition coefficient (Wildman–Crippen LogP) is 1.73. The van der Waals surface area contributed by atoms with Gasteiger partial charge in [0.15, 0.2) is 12.1 Å². The zero-order valence-electron chi connectivity index (χ0n) is 14.3. The topological polar surface area (TPSA) is 77.4 Å². The first-order valence-electron chi connectivity index (χ1n) is 9.16. The lowest BCUT2D eigenvalue weighted by molar-refractivity contribution is -0.257. The molecule has 6 nitrogen and oxygen atoms in total. The number of fused-ring (bicyclic) bond motifs is 1. The maximum atomic E-state index is 10.1. The number of aliphatic hydroxyl groups is 2. The average molecular weight is 350 g/mol. The third kappa shape index (κ3) is 3.47. The molecule has 6 heteroatoms. The van der Waals surface area contributed by atoms with Crippen molar-refractivity contribution in [2.75, 3.05) is 6.61 Å². The zero-order chi connectivity index (χ0) is 17.3. The first kappa shape index (κ1) is 17.4. The number of ether oxygens (including phenoxy) is 4. The number of rotatable bonds is 5. The molecule has 2 heterocycles. The van der Waals surface area contributed by atoms with Crippen molar-refractivity contribution in [3.63, 3.8) is 0 Å². The quantitative estimate of drug-likeness (QED) is 0.842. The Hall–Kier alpha value is -1.02. The number of hydrogen-bond acceptors (Lipinski definition) is 6. The van der Waals surface area contributed by atoms with Crippen LogP contribution < -0.4 is 0 Å². The summed E-state index contributed by atoms with van der Waals surface area (Å²) in [4.78, 5) is 0. The van der Waals surface area contributed by atoms with E-state index in [0.717, 1.165) is 31.2 Å². The molecule has 2 N–H and O–H groups in total. The van der Waals surface area contributed by atoms with Crippen molar-refractivity contribution in [2.45, 2.75) is 75.2 Å². The highest BCUT2D eigenvalue weighted by Gasteiger charge is 2.59. The fourth-order valence-electron chi connectivity index (χ4n) is 4.05. The molecule has 2 saturated heterocycles. The molecule has 2 aliphatic heterocycles. The Morgan fingerprint density at radius 3 is 2.60 bits per heavy atom. The molecule has 0 amide bonds. The lowest BCUT2D eigenvalue weighted by Gasteiger charge is -2.34. The largest absolute Gasteiger partial charge is 0.394 e. The lowest BCUT2D eigenvalue weighted by atomic mass is 9.94. The molecule has 5 atom stereocenters. The number of benzene rings is 1. The molecule has 1 aromatic rings. The summed E-state index contributed by atoms with van der Waals surface area (Å²) in [6.07, 6.45) is 1.99. The Kier molecular flexibility index (Phi) is 5.08. The number of aliphatic hydroxyl groups excluding tert-OH is 2. The van der Waals surface area contributed by atoms with Crippen LogP contribution in [0.15, 0.2) is 30.3 Å². The van der Waals surface area contributed by atoms with Crippen LogP contribution in [-0.4, -0.2) is 53.3 Å². The van der Waals surface area contributed by atoms with E-state index < -0.39 is 30.4 Å². The van der Waals surface area contributed by atoms with Crippen molar-refractivity contribution in [3.05, 3.63) is 35.9 Å². The van der Waals surface area contributed by atoms with E-state index in [1.165, 1.54) is 6.42 Å². The predicted molar refractivity (Wildman–Crippen MR) is 88.5 cm³/mol. The normalized spacial score (nSPS) is 35.0. The van der Waals surface area contributed by atoms with Crippen LogP contribution >= 0.6 is 0 Å². The van der Waals surface area contributed by atoms with E-state index in [9.17, 15) is 10.2 Å².